The van der Waals surface area contributed by atoms with Gasteiger partial charge in [0.25, 0.3) is 0 Å². The molecule has 150 valence electrons. The van der Waals surface area contributed by atoms with Crippen molar-refractivity contribution >= 4 is 52.9 Å². The number of guanidine groups is 1. The number of hydrogen-bond acceptors (Lipinski definition) is 3. The molecule has 1 aromatic carbocycles. The molecule has 2 aromatic rings. The van der Waals surface area contributed by atoms with Crippen LogP contribution in [0, 0.1) is 0 Å². The summed E-state index contributed by atoms with van der Waals surface area (Å²) in [4.78, 5) is 8.03. The van der Waals surface area contributed by atoms with Crippen LogP contribution in [0.2, 0.25) is 5.02 Å². The second-order valence-corrected chi connectivity index (χ2v) is 6.94. The molecule has 0 amide bonds. The Kier molecular flexibility index (Phi) is 9.82. The summed E-state index contributed by atoms with van der Waals surface area (Å²) in [6, 6.07) is 7.49. The maximum absolute atomic E-state index is 12.6. The van der Waals surface area contributed by atoms with Crippen molar-refractivity contribution in [2.45, 2.75) is 32.5 Å². The number of thiazole rings is 1. The van der Waals surface area contributed by atoms with E-state index in [1.54, 1.807) is 6.07 Å². The van der Waals surface area contributed by atoms with Crippen LogP contribution in [-0.4, -0.2) is 24.0 Å². The minimum atomic E-state index is -4.40. The van der Waals surface area contributed by atoms with Crippen molar-refractivity contribution in [1.29, 1.82) is 0 Å². The fraction of sp³-hybridized carbons (Fsp3) is 0.412. The van der Waals surface area contributed by atoms with Crippen molar-refractivity contribution < 1.29 is 13.2 Å². The number of aliphatic imine (C=N–C) groups is 1. The molecular formula is C17H21ClF3IN4S. The van der Waals surface area contributed by atoms with E-state index in [-0.39, 0.29) is 30.0 Å². The maximum Gasteiger partial charge on any atom is 0.434 e. The van der Waals surface area contributed by atoms with Crippen LogP contribution in [0.25, 0.3) is 0 Å². The highest BCUT2D eigenvalue weighted by molar-refractivity contribution is 14.0. The molecule has 0 saturated heterocycles. The Morgan fingerprint density at radius 2 is 2.11 bits per heavy atom. The van der Waals surface area contributed by atoms with Gasteiger partial charge in [-0.15, -0.1) is 35.3 Å². The van der Waals surface area contributed by atoms with Crippen LogP contribution in [0.3, 0.4) is 0 Å². The summed E-state index contributed by atoms with van der Waals surface area (Å²) in [6.45, 7) is 4.93. The van der Waals surface area contributed by atoms with E-state index in [1.807, 2.05) is 32.0 Å². The van der Waals surface area contributed by atoms with E-state index < -0.39 is 11.9 Å². The normalized spacial score (nSPS) is 13.0. The Labute approximate surface area is 182 Å². The van der Waals surface area contributed by atoms with Gasteiger partial charge in [-0.2, -0.15) is 13.2 Å². The van der Waals surface area contributed by atoms with Crippen LogP contribution < -0.4 is 10.6 Å². The first-order chi connectivity index (χ1) is 12.3. The Bertz CT molecular complexity index is 752. The third kappa shape index (κ3) is 7.82. The summed E-state index contributed by atoms with van der Waals surface area (Å²) in [5.41, 5.74) is 0.166. The number of aromatic nitrogens is 1. The van der Waals surface area contributed by atoms with Gasteiger partial charge in [-0.05, 0) is 31.5 Å². The topological polar surface area (TPSA) is 49.3 Å². The van der Waals surface area contributed by atoms with Crippen molar-refractivity contribution in [1.82, 2.24) is 15.6 Å². The molecule has 0 spiro atoms. The number of nitrogens with zero attached hydrogens (tertiary/aromatic N) is 2. The number of rotatable bonds is 6. The predicted octanol–water partition coefficient (Wildman–Crippen LogP) is 5.29. The summed E-state index contributed by atoms with van der Waals surface area (Å²) in [5, 5.41) is 8.49. The first-order valence-electron chi connectivity index (χ1n) is 8.11. The molecule has 10 heteroatoms. The lowest BCUT2D eigenvalue weighted by atomic mass is 10.1. The first-order valence-corrected chi connectivity index (χ1v) is 9.37. The van der Waals surface area contributed by atoms with E-state index in [1.165, 1.54) is 0 Å². The zero-order valence-corrected chi connectivity index (χ0v) is 18.7. The Hall–Kier alpha value is -1.07. The summed E-state index contributed by atoms with van der Waals surface area (Å²) >= 11 is 7.01. The minimum absolute atomic E-state index is 0. The molecule has 4 nitrogen and oxygen atoms in total. The van der Waals surface area contributed by atoms with Crippen molar-refractivity contribution in [3.63, 3.8) is 0 Å². The molecule has 1 atom stereocenters. The first kappa shape index (κ1) is 24.0. The molecule has 2 rings (SSSR count). The van der Waals surface area contributed by atoms with Crippen LogP contribution >= 0.6 is 46.9 Å². The monoisotopic (exact) mass is 532 g/mol. The molecule has 0 saturated carbocycles. The van der Waals surface area contributed by atoms with Crippen LogP contribution in [0.15, 0.2) is 34.6 Å². The third-order valence-corrected chi connectivity index (χ3v) is 4.63. The van der Waals surface area contributed by atoms with Crippen molar-refractivity contribution in [2.75, 3.05) is 13.1 Å². The Morgan fingerprint density at radius 1 is 1.37 bits per heavy atom. The quantitative estimate of drug-likeness (QED) is 0.302. The molecular weight excluding hydrogens is 512 g/mol. The van der Waals surface area contributed by atoms with Crippen LogP contribution in [0.1, 0.15) is 36.2 Å². The zero-order chi connectivity index (χ0) is 19.2. The van der Waals surface area contributed by atoms with E-state index in [9.17, 15) is 13.2 Å². The summed E-state index contributed by atoms with van der Waals surface area (Å²) in [6.07, 6.45) is -4.05. The van der Waals surface area contributed by atoms with Gasteiger partial charge in [0.1, 0.15) is 0 Å². The number of benzene rings is 1. The zero-order valence-electron chi connectivity index (χ0n) is 14.8. The fourth-order valence-corrected chi connectivity index (χ4v) is 3.20. The van der Waals surface area contributed by atoms with E-state index in [2.05, 4.69) is 20.6 Å². The lowest BCUT2D eigenvalue weighted by molar-refractivity contribution is -0.140. The van der Waals surface area contributed by atoms with Gasteiger partial charge in [-0.1, -0.05) is 23.7 Å². The summed E-state index contributed by atoms with van der Waals surface area (Å²) in [5.74, 6) is 0.590. The summed E-state index contributed by atoms with van der Waals surface area (Å²) in [7, 11) is 0. The minimum Gasteiger partial charge on any atom is -0.357 e. The third-order valence-electron chi connectivity index (χ3n) is 3.48. The molecule has 0 bridgehead atoms. The standard InChI is InChI=1S/C17H20ClF3N4S.HI/c1-3-22-16(24-11(2)12-5-4-6-13(18)9-12)23-8-7-15-25-14(10-26-15)17(19,20)21;/h4-6,9-11H,3,7-8H2,1-2H3,(H2,22,23,24);1H. The van der Waals surface area contributed by atoms with Crippen LogP contribution in [0.4, 0.5) is 13.2 Å². The maximum atomic E-state index is 12.6. The number of alkyl halides is 3. The Balaban J connectivity index is 0.00000364. The van der Waals surface area contributed by atoms with Gasteiger partial charge in [0.05, 0.1) is 11.0 Å². The highest BCUT2D eigenvalue weighted by atomic mass is 127. The molecule has 1 aromatic heterocycles. The van der Waals surface area contributed by atoms with E-state index in [4.69, 9.17) is 11.6 Å². The van der Waals surface area contributed by atoms with Gasteiger partial charge >= 0.3 is 6.18 Å². The van der Waals surface area contributed by atoms with Crippen LogP contribution in [0.5, 0.6) is 0 Å². The van der Waals surface area contributed by atoms with Gasteiger partial charge in [0.15, 0.2) is 11.7 Å². The van der Waals surface area contributed by atoms with Crippen LogP contribution in [-0.2, 0) is 12.6 Å². The molecule has 27 heavy (non-hydrogen) atoms. The number of nitrogens with one attached hydrogen (secondary N) is 2. The van der Waals surface area contributed by atoms with Gasteiger partial charge in [-0.3, -0.25) is 4.99 Å². The molecule has 0 aliphatic rings. The molecule has 0 aliphatic carbocycles. The number of hydrogen-bond donors (Lipinski definition) is 2. The highest BCUT2D eigenvalue weighted by Gasteiger charge is 2.33. The smallest absolute Gasteiger partial charge is 0.357 e. The summed E-state index contributed by atoms with van der Waals surface area (Å²) < 4.78 is 37.7. The fourth-order valence-electron chi connectivity index (χ4n) is 2.20. The lowest BCUT2D eigenvalue weighted by Crippen LogP contribution is -2.38. The largest absolute Gasteiger partial charge is 0.434 e. The molecule has 2 N–H and O–H groups in total. The molecule has 1 unspecified atom stereocenters. The second kappa shape index (κ2) is 11.1. The van der Waals surface area contributed by atoms with Crippen molar-refractivity contribution in [3.05, 3.63) is 50.9 Å². The average Bonchev–Trinajstić information content (AvgIpc) is 3.04. The molecule has 0 radical (unpaired) electrons. The predicted molar refractivity (Wildman–Crippen MR) is 115 cm³/mol. The van der Waals surface area contributed by atoms with Crippen molar-refractivity contribution in [3.8, 4) is 0 Å². The van der Waals surface area contributed by atoms with Gasteiger partial charge in [0.2, 0.25) is 0 Å². The average molecular weight is 533 g/mol. The molecule has 0 aliphatic heterocycles. The SMILES string of the molecule is CCNC(=NCCc1nc(C(F)(F)F)cs1)NC(C)c1cccc(Cl)c1.I. The van der Waals surface area contributed by atoms with Gasteiger partial charge in [-0.25, -0.2) is 4.98 Å². The lowest BCUT2D eigenvalue weighted by Gasteiger charge is -2.18. The number of halogens is 5. The van der Waals surface area contributed by atoms with E-state index >= 15 is 0 Å². The van der Waals surface area contributed by atoms with E-state index in [0.717, 1.165) is 22.3 Å². The molecule has 0 fully saturated rings. The Morgan fingerprint density at radius 3 is 2.70 bits per heavy atom. The van der Waals surface area contributed by atoms with Gasteiger partial charge in [0, 0.05) is 29.9 Å². The van der Waals surface area contributed by atoms with Gasteiger partial charge < -0.3 is 10.6 Å². The highest BCUT2D eigenvalue weighted by Crippen LogP contribution is 2.30. The van der Waals surface area contributed by atoms with E-state index in [0.29, 0.717) is 35.5 Å². The van der Waals surface area contributed by atoms with Crippen molar-refractivity contribution in [2.24, 2.45) is 4.99 Å². The second-order valence-electron chi connectivity index (χ2n) is 5.56. The molecule has 1 heterocycles.